The number of nitrogens with two attached hydrogens (primary N) is 1. The third-order valence-electron chi connectivity index (χ3n) is 5.56. The summed E-state index contributed by atoms with van der Waals surface area (Å²) >= 11 is 0. The molecule has 0 aromatic heterocycles. The Balaban J connectivity index is 1.48. The van der Waals surface area contributed by atoms with Gasteiger partial charge in [0.05, 0.1) is 15.7 Å². The van der Waals surface area contributed by atoms with Gasteiger partial charge in [-0.1, -0.05) is 30.3 Å². The van der Waals surface area contributed by atoms with Crippen molar-refractivity contribution in [1.29, 1.82) is 0 Å². The van der Waals surface area contributed by atoms with Crippen LogP contribution in [0, 0.1) is 5.92 Å². The molecule has 1 atom stereocenters. The molecule has 0 aliphatic carbocycles. The minimum absolute atomic E-state index is 0.0548. The summed E-state index contributed by atoms with van der Waals surface area (Å²) in [5, 5.41) is 9.60. The van der Waals surface area contributed by atoms with Gasteiger partial charge in [-0.25, -0.2) is 22.0 Å². The predicted octanol–water partition coefficient (Wildman–Crippen LogP) is 2.53. The zero-order valence-electron chi connectivity index (χ0n) is 17.1. The van der Waals surface area contributed by atoms with Crippen LogP contribution in [0.25, 0.3) is 10.8 Å². The number of fused-ring (bicyclic) bond motifs is 1. The third kappa shape index (κ3) is 4.68. The topological polar surface area (TPSA) is 127 Å². The van der Waals surface area contributed by atoms with Gasteiger partial charge in [0.25, 0.3) is 0 Å². The molecule has 32 heavy (non-hydrogen) atoms. The average molecular weight is 474 g/mol. The van der Waals surface area contributed by atoms with E-state index in [1.165, 1.54) is 28.6 Å². The van der Waals surface area contributed by atoms with Crippen molar-refractivity contribution in [2.75, 3.05) is 18.4 Å². The van der Waals surface area contributed by atoms with E-state index in [1.807, 2.05) is 24.3 Å². The second kappa shape index (κ2) is 8.62. The molecule has 1 saturated heterocycles. The molecule has 4 rings (SSSR count). The first kappa shape index (κ1) is 22.4. The highest BCUT2D eigenvalue weighted by atomic mass is 32.2. The first-order chi connectivity index (χ1) is 15.1. The molecule has 1 amide bonds. The van der Waals surface area contributed by atoms with E-state index >= 15 is 0 Å². The molecule has 3 aromatic carbocycles. The molecule has 8 nitrogen and oxygen atoms in total. The van der Waals surface area contributed by atoms with Crippen LogP contribution in [-0.4, -0.2) is 40.1 Å². The maximum Gasteiger partial charge on any atom is 0.243 e. The lowest BCUT2D eigenvalue weighted by atomic mass is 9.99. The van der Waals surface area contributed by atoms with Crippen molar-refractivity contribution in [3.8, 4) is 0 Å². The number of sulfonamides is 2. The number of nitrogens with one attached hydrogen (secondary N) is 1. The minimum atomic E-state index is -3.82. The van der Waals surface area contributed by atoms with Crippen LogP contribution in [0.15, 0.2) is 76.5 Å². The Morgan fingerprint density at radius 2 is 1.56 bits per heavy atom. The lowest BCUT2D eigenvalue weighted by Crippen LogP contribution is -2.43. The normalized spacial score (nSPS) is 17.8. The van der Waals surface area contributed by atoms with Crippen molar-refractivity contribution in [3.05, 3.63) is 66.7 Å². The minimum Gasteiger partial charge on any atom is -0.326 e. The molecule has 0 saturated carbocycles. The van der Waals surface area contributed by atoms with Crippen molar-refractivity contribution >= 4 is 42.4 Å². The predicted molar refractivity (Wildman–Crippen MR) is 122 cm³/mol. The Kier molecular flexibility index (Phi) is 6.04. The molecule has 1 unspecified atom stereocenters. The van der Waals surface area contributed by atoms with E-state index in [0.29, 0.717) is 25.1 Å². The highest BCUT2D eigenvalue weighted by Crippen LogP contribution is 2.27. The summed E-state index contributed by atoms with van der Waals surface area (Å²) in [6.45, 7) is 0.429. The standard InChI is InChI=1S/C22H23N3O5S2/c23-31(27,28)20-11-8-19(9-12-20)24-22(26)18-6-3-13-25(15-18)32(29,30)21-10-7-16-4-1-2-5-17(16)14-21/h1-2,4-5,7-12,14,18H,3,6,13,15H2,(H,24,26)(H2,23,27,28). The Labute approximate surface area is 187 Å². The van der Waals surface area contributed by atoms with E-state index in [2.05, 4.69) is 5.32 Å². The van der Waals surface area contributed by atoms with Crippen LogP contribution in [-0.2, 0) is 24.8 Å². The molecule has 1 aliphatic rings. The van der Waals surface area contributed by atoms with Gasteiger partial charge >= 0.3 is 0 Å². The van der Waals surface area contributed by atoms with Crippen LogP contribution in [0.3, 0.4) is 0 Å². The molecule has 1 heterocycles. The van der Waals surface area contributed by atoms with E-state index in [9.17, 15) is 21.6 Å². The molecule has 3 N–H and O–H groups in total. The SMILES string of the molecule is NS(=O)(=O)c1ccc(NC(=O)C2CCCN(S(=O)(=O)c3ccc4ccccc4c3)C2)cc1. The van der Waals surface area contributed by atoms with E-state index in [0.717, 1.165) is 10.8 Å². The first-order valence-electron chi connectivity index (χ1n) is 10.1. The number of benzene rings is 3. The van der Waals surface area contributed by atoms with Gasteiger partial charge in [0.15, 0.2) is 0 Å². The lowest BCUT2D eigenvalue weighted by Gasteiger charge is -2.31. The lowest BCUT2D eigenvalue weighted by molar-refractivity contribution is -0.120. The fourth-order valence-electron chi connectivity index (χ4n) is 3.82. The molecule has 3 aromatic rings. The second-order valence-corrected chi connectivity index (χ2v) is 11.3. The van der Waals surface area contributed by atoms with Crippen LogP contribution in [0.5, 0.6) is 0 Å². The van der Waals surface area contributed by atoms with Gasteiger partial charge in [-0.3, -0.25) is 4.79 Å². The van der Waals surface area contributed by atoms with Gasteiger partial charge in [0.2, 0.25) is 26.0 Å². The Morgan fingerprint density at radius 3 is 2.25 bits per heavy atom. The second-order valence-electron chi connectivity index (χ2n) is 7.77. The van der Waals surface area contributed by atoms with Gasteiger partial charge < -0.3 is 5.32 Å². The molecule has 0 radical (unpaired) electrons. The van der Waals surface area contributed by atoms with E-state index < -0.39 is 26.0 Å². The highest BCUT2D eigenvalue weighted by Gasteiger charge is 2.33. The van der Waals surface area contributed by atoms with Crippen LogP contribution < -0.4 is 10.5 Å². The number of hydrogen-bond acceptors (Lipinski definition) is 5. The zero-order valence-corrected chi connectivity index (χ0v) is 18.8. The van der Waals surface area contributed by atoms with Gasteiger partial charge in [-0.05, 0) is 60.0 Å². The number of primary sulfonamides is 1. The van der Waals surface area contributed by atoms with Crippen LogP contribution in [0.1, 0.15) is 12.8 Å². The van der Waals surface area contributed by atoms with Gasteiger partial charge in [0.1, 0.15) is 0 Å². The molecule has 1 fully saturated rings. The van der Waals surface area contributed by atoms with Crippen molar-refractivity contribution < 1.29 is 21.6 Å². The number of rotatable bonds is 5. The van der Waals surface area contributed by atoms with Crippen LogP contribution >= 0.6 is 0 Å². The highest BCUT2D eigenvalue weighted by molar-refractivity contribution is 7.89. The summed E-state index contributed by atoms with van der Waals surface area (Å²) in [5.41, 5.74) is 0.414. The van der Waals surface area contributed by atoms with Crippen LogP contribution in [0.4, 0.5) is 5.69 Å². The van der Waals surface area contributed by atoms with Crippen molar-refractivity contribution in [3.63, 3.8) is 0 Å². The summed E-state index contributed by atoms with van der Waals surface area (Å²) in [6.07, 6.45) is 1.13. The Bertz CT molecular complexity index is 1370. The number of nitrogens with zero attached hydrogens (tertiary/aromatic N) is 1. The van der Waals surface area contributed by atoms with Gasteiger partial charge in [-0.2, -0.15) is 4.31 Å². The molecular weight excluding hydrogens is 450 g/mol. The smallest absolute Gasteiger partial charge is 0.243 e. The number of amides is 1. The largest absolute Gasteiger partial charge is 0.326 e. The molecule has 0 bridgehead atoms. The van der Waals surface area contributed by atoms with Crippen molar-refractivity contribution in [2.45, 2.75) is 22.6 Å². The summed E-state index contributed by atoms with van der Waals surface area (Å²) in [4.78, 5) is 12.9. The fourth-order valence-corrected chi connectivity index (χ4v) is 5.90. The number of carbonyl (C=O) groups excluding carboxylic acids is 1. The quantitative estimate of drug-likeness (QED) is 0.589. The van der Waals surface area contributed by atoms with E-state index in [4.69, 9.17) is 5.14 Å². The summed E-state index contributed by atoms with van der Waals surface area (Å²) in [5.74, 6) is -0.830. The number of carbonyl (C=O) groups is 1. The van der Waals surface area contributed by atoms with Gasteiger partial charge in [-0.15, -0.1) is 0 Å². The molecule has 168 valence electrons. The number of anilines is 1. The fraction of sp³-hybridized carbons (Fsp3) is 0.227. The molecular formula is C22H23N3O5S2. The Morgan fingerprint density at radius 1 is 0.906 bits per heavy atom. The van der Waals surface area contributed by atoms with Crippen molar-refractivity contribution in [2.24, 2.45) is 11.1 Å². The Hall–Kier alpha value is -2.79. The first-order valence-corrected chi connectivity index (χ1v) is 13.1. The molecule has 1 aliphatic heterocycles. The van der Waals surface area contributed by atoms with Crippen LogP contribution in [0.2, 0.25) is 0 Å². The number of hydrogen-bond donors (Lipinski definition) is 2. The molecule has 10 heteroatoms. The monoisotopic (exact) mass is 473 g/mol. The summed E-state index contributed by atoms with van der Waals surface area (Å²) in [6, 6.07) is 18.1. The maximum atomic E-state index is 13.2. The third-order valence-corrected chi connectivity index (χ3v) is 8.35. The summed E-state index contributed by atoms with van der Waals surface area (Å²) < 4.78 is 50.5. The van der Waals surface area contributed by atoms with E-state index in [-0.39, 0.29) is 22.2 Å². The number of piperidine rings is 1. The zero-order chi connectivity index (χ0) is 22.9. The van der Waals surface area contributed by atoms with Crippen molar-refractivity contribution in [1.82, 2.24) is 4.31 Å². The van der Waals surface area contributed by atoms with E-state index in [1.54, 1.807) is 18.2 Å². The summed E-state index contributed by atoms with van der Waals surface area (Å²) in [7, 11) is -7.56. The maximum absolute atomic E-state index is 13.2. The molecule has 0 spiro atoms. The average Bonchev–Trinajstić information content (AvgIpc) is 2.78. The van der Waals surface area contributed by atoms with Gasteiger partial charge in [0, 0.05) is 18.8 Å².